The molecular weight excluding hydrogens is 497 g/mol. The normalized spacial score (nSPS) is 12.5. The van der Waals surface area contributed by atoms with Gasteiger partial charge in [-0.1, -0.05) is 127 Å². The van der Waals surface area contributed by atoms with E-state index in [0.717, 1.165) is 0 Å². The Labute approximate surface area is 230 Å². The van der Waals surface area contributed by atoms with Crippen LogP contribution in [0.5, 0.6) is 0 Å². The van der Waals surface area contributed by atoms with E-state index in [1.165, 1.54) is 74.2 Å². The molecule has 7 aromatic rings. The SMILES string of the molecule is c1ccc2c(c1)Sc1ccc(-c3ccccc3-c3ccc4c5ccccc5c5ccccc5c4c3)cc1S2. The van der Waals surface area contributed by atoms with E-state index in [-0.39, 0.29) is 0 Å². The van der Waals surface area contributed by atoms with Gasteiger partial charge in [-0.2, -0.15) is 0 Å². The first kappa shape index (κ1) is 22.0. The Morgan fingerprint density at radius 2 is 0.711 bits per heavy atom. The molecule has 178 valence electrons. The van der Waals surface area contributed by atoms with Crippen molar-refractivity contribution < 1.29 is 0 Å². The summed E-state index contributed by atoms with van der Waals surface area (Å²) in [6.45, 7) is 0. The number of rotatable bonds is 2. The second-order valence-electron chi connectivity index (χ2n) is 9.71. The Balaban J connectivity index is 1.30. The van der Waals surface area contributed by atoms with E-state index < -0.39 is 0 Å². The van der Waals surface area contributed by atoms with Crippen molar-refractivity contribution in [3.63, 3.8) is 0 Å². The van der Waals surface area contributed by atoms with Gasteiger partial charge in [-0.15, -0.1) is 0 Å². The van der Waals surface area contributed by atoms with Gasteiger partial charge in [0.2, 0.25) is 0 Å². The molecule has 0 nitrogen and oxygen atoms in total. The molecule has 8 rings (SSSR count). The van der Waals surface area contributed by atoms with Gasteiger partial charge in [0.25, 0.3) is 0 Å². The van der Waals surface area contributed by atoms with Crippen molar-refractivity contribution in [2.75, 3.05) is 0 Å². The summed E-state index contributed by atoms with van der Waals surface area (Å²) in [5.41, 5.74) is 5.04. The maximum Gasteiger partial charge on any atom is 0.0268 e. The molecule has 0 fully saturated rings. The lowest BCUT2D eigenvalue weighted by Crippen LogP contribution is -1.91. The van der Waals surface area contributed by atoms with Crippen LogP contribution in [0.25, 0.3) is 54.6 Å². The minimum Gasteiger partial charge on any atom is -0.0877 e. The molecule has 0 atom stereocenters. The monoisotopic (exact) mass is 518 g/mol. The van der Waals surface area contributed by atoms with Crippen molar-refractivity contribution in [2.24, 2.45) is 0 Å². The molecule has 0 saturated carbocycles. The van der Waals surface area contributed by atoms with Gasteiger partial charge in [-0.3, -0.25) is 0 Å². The van der Waals surface area contributed by atoms with E-state index in [0.29, 0.717) is 0 Å². The highest BCUT2D eigenvalue weighted by Gasteiger charge is 2.18. The van der Waals surface area contributed by atoms with E-state index >= 15 is 0 Å². The Morgan fingerprint density at radius 1 is 0.289 bits per heavy atom. The molecule has 0 aliphatic carbocycles. The van der Waals surface area contributed by atoms with Crippen LogP contribution < -0.4 is 0 Å². The summed E-state index contributed by atoms with van der Waals surface area (Å²) in [4.78, 5) is 5.34. The summed E-state index contributed by atoms with van der Waals surface area (Å²) < 4.78 is 0. The van der Waals surface area contributed by atoms with Gasteiger partial charge in [-0.25, -0.2) is 0 Å². The van der Waals surface area contributed by atoms with Gasteiger partial charge in [0.15, 0.2) is 0 Å². The third-order valence-electron chi connectivity index (χ3n) is 7.53. The second-order valence-corrected chi connectivity index (χ2v) is 11.9. The lowest BCUT2D eigenvalue weighted by molar-refractivity contribution is 1.16. The molecular formula is C36H22S2. The van der Waals surface area contributed by atoms with Crippen molar-refractivity contribution in [1.29, 1.82) is 0 Å². The van der Waals surface area contributed by atoms with Crippen LogP contribution in [0.2, 0.25) is 0 Å². The molecule has 1 aliphatic rings. The van der Waals surface area contributed by atoms with Crippen molar-refractivity contribution in [3.8, 4) is 22.3 Å². The fraction of sp³-hybridized carbons (Fsp3) is 0. The standard InChI is InChI=1S/C36H22S2/c1-2-10-26(24-18-20-35-36(22-24)38-34-16-8-7-15-33(34)37-35)25(9-1)23-17-19-31-29-13-4-3-11-27(29)28-12-5-6-14-30(28)32(31)21-23/h1-22H. The van der Waals surface area contributed by atoms with E-state index in [1.807, 2.05) is 23.5 Å². The molecule has 2 heteroatoms. The van der Waals surface area contributed by atoms with E-state index in [2.05, 4.69) is 133 Å². The molecule has 0 saturated heterocycles. The molecule has 1 heterocycles. The Morgan fingerprint density at radius 3 is 1.34 bits per heavy atom. The third-order valence-corrected chi connectivity index (χ3v) is 10.1. The zero-order valence-corrected chi connectivity index (χ0v) is 22.2. The molecule has 0 unspecified atom stereocenters. The molecule has 38 heavy (non-hydrogen) atoms. The van der Waals surface area contributed by atoms with Crippen LogP contribution in [0, 0.1) is 0 Å². The van der Waals surface area contributed by atoms with Crippen molar-refractivity contribution in [3.05, 3.63) is 133 Å². The third kappa shape index (κ3) is 3.49. The molecule has 0 aromatic heterocycles. The first-order valence-corrected chi connectivity index (χ1v) is 14.5. The van der Waals surface area contributed by atoms with Gasteiger partial charge >= 0.3 is 0 Å². The highest BCUT2D eigenvalue weighted by Crippen LogP contribution is 2.49. The van der Waals surface area contributed by atoms with Gasteiger partial charge in [0, 0.05) is 19.6 Å². The van der Waals surface area contributed by atoms with Crippen LogP contribution in [0.1, 0.15) is 0 Å². The first-order chi connectivity index (χ1) is 18.8. The van der Waals surface area contributed by atoms with Crippen molar-refractivity contribution in [1.82, 2.24) is 0 Å². The summed E-state index contributed by atoms with van der Waals surface area (Å²) >= 11 is 3.75. The average Bonchev–Trinajstić information content (AvgIpc) is 2.99. The minimum atomic E-state index is 1.25. The van der Waals surface area contributed by atoms with Gasteiger partial charge in [-0.05, 0) is 84.9 Å². The summed E-state index contributed by atoms with van der Waals surface area (Å²) in [5, 5.41) is 7.86. The van der Waals surface area contributed by atoms with E-state index in [1.54, 1.807) is 0 Å². The molecule has 0 radical (unpaired) electrons. The van der Waals surface area contributed by atoms with E-state index in [9.17, 15) is 0 Å². The highest BCUT2D eigenvalue weighted by atomic mass is 32.2. The van der Waals surface area contributed by atoms with Crippen LogP contribution in [0.4, 0.5) is 0 Å². The van der Waals surface area contributed by atoms with Gasteiger partial charge < -0.3 is 0 Å². The number of fused-ring (bicyclic) bond motifs is 8. The molecule has 7 aromatic carbocycles. The van der Waals surface area contributed by atoms with Crippen molar-refractivity contribution >= 4 is 55.8 Å². The molecule has 1 aliphatic heterocycles. The van der Waals surface area contributed by atoms with Crippen LogP contribution in [0.3, 0.4) is 0 Å². The Kier molecular flexibility index (Phi) is 5.11. The number of hydrogen-bond donors (Lipinski definition) is 0. The summed E-state index contributed by atoms with van der Waals surface area (Å²) in [6.07, 6.45) is 0. The molecule has 0 bridgehead atoms. The lowest BCUT2D eigenvalue weighted by Gasteiger charge is -2.19. The first-order valence-electron chi connectivity index (χ1n) is 12.9. The van der Waals surface area contributed by atoms with Crippen LogP contribution in [-0.2, 0) is 0 Å². The van der Waals surface area contributed by atoms with E-state index in [4.69, 9.17) is 0 Å². The number of benzene rings is 7. The van der Waals surface area contributed by atoms with Crippen molar-refractivity contribution in [2.45, 2.75) is 19.6 Å². The van der Waals surface area contributed by atoms with Crippen LogP contribution >= 0.6 is 23.5 Å². The minimum absolute atomic E-state index is 1.25. The summed E-state index contributed by atoms with van der Waals surface area (Å²) in [5.74, 6) is 0. The second kappa shape index (κ2) is 8.80. The lowest BCUT2D eigenvalue weighted by atomic mass is 9.90. The summed E-state index contributed by atoms with van der Waals surface area (Å²) in [7, 11) is 0. The highest BCUT2D eigenvalue weighted by molar-refractivity contribution is 8.05. The van der Waals surface area contributed by atoms with Crippen LogP contribution in [0.15, 0.2) is 153 Å². The number of hydrogen-bond acceptors (Lipinski definition) is 2. The Bertz CT molecular complexity index is 2000. The topological polar surface area (TPSA) is 0 Å². The maximum absolute atomic E-state index is 2.39. The quantitative estimate of drug-likeness (QED) is 0.209. The average molecular weight is 519 g/mol. The Hall–Kier alpha value is -3.98. The molecule has 0 N–H and O–H groups in total. The summed E-state index contributed by atoms with van der Waals surface area (Å²) in [6, 6.07) is 49.0. The fourth-order valence-electron chi connectivity index (χ4n) is 5.76. The maximum atomic E-state index is 2.39. The fourth-order valence-corrected chi connectivity index (χ4v) is 8.01. The van der Waals surface area contributed by atoms with Gasteiger partial charge in [0.05, 0.1) is 0 Å². The predicted octanol–water partition coefficient (Wildman–Crippen LogP) is 11.1. The predicted molar refractivity (Wildman–Crippen MR) is 165 cm³/mol. The molecule has 0 amide bonds. The van der Waals surface area contributed by atoms with Crippen LogP contribution in [-0.4, -0.2) is 0 Å². The zero-order valence-electron chi connectivity index (χ0n) is 20.5. The zero-order chi connectivity index (χ0) is 25.1. The smallest absolute Gasteiger partial charge is 0.0268 e. The molecule has 0 spiro atoms. The largest absolute Gasteiger partial charge is 0.0877 e. The van der Waals surface area contributed by atoms with Gasteiger partial charge in [0.1, 0.15) is 0 Å².